The highest BCUT2D eigenvalue weighted by atomic mass is 16.5. The molecule has 0 saturated carbocycles. The standard InChI is InChI=1S/C10H13NO/c1-8(11-2)9-6-4-5-7-10(9)12-3/h4-8H,2H2,1,3H3. The van der Waals surface area contributed by atoms with E-state index in [1.165, 1.54) is 0 Å². The molecule has 0 fully saturated rings. The predicted octanol–water partition coefficient (Wildman–Crippen LogP) is 2.46. The maximum absolute atomic E-state index is 5.18. The van der Waals surface area contributed by atoms with Crippen LogP contribution in [0.1, 0.15) is 18.5 Å². The van der Waals surface area contributed by atoms with Gasteiger partial charge in [0.25, 0.3) is 0 Å². The summed E-state index contributed by atoms with van der Waals surface area (Å²) >= 11 is 0. The number of benzene rings is 1. The molecule has 0 heterocycles. The summed E-state index contributed by atoms with van der Waals surface area (Å²) in [5.41, 5.74) is 1.08. The summed E-state index contributed by atoms with van der Waals surface area (Å²) in [5.74, 6) is 0.873. The van der Waals surface area contributed by atoms with Crippen LogP contribution < -0.4 is 4.74 Å². The summed E-state index contributed by atoms with van der Waals surface area (Å²) in [5, 5.41) is 0. The van der Waals surface area contributed by atoms with Crippen molar-refractivity contribution in [2.45, 2.75) is 13.0 Å². The molecule has 0 aliphatic heterocycles. The molecule has 1 rings (SSSR count). The van der Waals surface area contributed by atoms with Crippen LogP contribution >= 0.6 is 0 Å². The van der Waals surface area contributed by atoms with Gasteiger partial charge in [-0.2, -0.15) is 0 Å². The van der Waals surface area contributed by atoms with E-state index >= 15 is 0 Å². The van der Waals surface area contributed by atoms with Crippen LogP contribution in [0, 0.1) is 0 Å². The molecule has 2 heteroatoms. The number of hydrogen-bond donors (Lipinski definition) is 0. The molecule has 0 aliphatic rings. The zero-order valence-electron chi connectivity index (χ0n) is 7.45. The van der Waals surface area contributed by atoms with E-state index in [2.05, 4.69) is 11.7 Å². The van der Waals surface area contributed by atoms with Crippen molar-refractivity contribution in [3.8, 4) is 5.75 Å². The third kappa shape index (κ3) is 1.64. The average Bonchev–Trinajstić information content (AvgIpc) is 2.16. The first kappa shape index (κ1) is 8.78. The largest absolute Gasteiger partial charge is 0.496 e. The van der Waals surface area contributed by atoms with Crippen LogP contribution in [0.2, 0.25) is 0 Å². The Morgan fingerprint density at radius 3 is 2.67 bits per heavy atom. The van der Waals surface area contributed by atoms with Gasteiger partial charge < -0.3 is 4.74 Å². The highest BCUT2D eigenvalue weighted by Crippen LogP contribution is 2.26. The van der Waals surface area contributed by atoms with E-state index in [-0.39, 0.29) is 6.04 Å². The van der Waals surface area contributed by atoms with Gasteiger partial charge in [-0.25, -0.2) is 0 Å². The monoisotopic (exact) mass is 163 g/mol. The minimum absolute atomic E-state index is 0.0983. The third-order valence-electron chi connectivity index (χ3n) is 1.86. The molecule has 0 radical (unpaired) electrons. The van der Waals surface area contributed by atoms with Gasteiger partial charge in [-0.1, -0.05) is 18.2 Å². The van der Waals surface area contributed by atoms with Crippen molar-refractivity contribution in [1.82, 2.24) is 0 Å². The molecule has 0 aliphatic carbocycles. The fourth-order valence-electron chi connectivity index (χ4n) is 1.11. The molecule has 1 unspecified atom stereocenters. The smallest absolute Gasteiger partial charge is 0.124 e. The van der Waals surface area contributed by atoms with E-state index in [0.29, 0.717) is 0 Å². The molecule has 1 aromatic rings. The quantitative estimate of drug-likeness (QED) is 0.627. The SMILES string of the molecule is C=NC(C)c1ccccc1OC. The summed E-state index contributed by atoms with van der Waals surface area (Å²) in [4.78, 5) is 3.94. The highest BCUT2D eigenvalue weighted by Gasteiger charge is 2.06. The molecule has 1 atom stereocenters. The number of methoxy groups -OCH3 is 1. The lowest BCUT2D eigenvalue weighted by molar-refractivity contribution is 0.407. The van der Waals surface area contributed by atoms with Crippen molar-refractivity contribution in [1.29, 1.82) is 0 Å². The van der Waals surface area contributed by atoms with Gasteiger partial charge in [-0.15, -0.1) is 0 Å². The van der Waals surface area contributed by atoms with Crippen molar-refractivity contribution >= 4 is 6.72 Å². The Morgan fingerprint density at radius 2 is 2.08 bits per heavy atom. The summed E-state index contributed by atoms with van der Waals surface area (Å²) in [6.45, 7) is 5.50. The van der Waals surface area contributed by atoms with Gasteiger partial charge in [0.15, 0.2) is 0 Å². The van der Waals surface area contributed by atoms with E-state index in [1.807, 2.05) is 31.2 Å². The Labute approximate surface area is 72.9 Å². The number of para-hydroxylation sites is 1. The first-order chi connectivity index (χ1) is 5.79. The number of hydrogen-bond acceptors (Lipinski definition) is 2. The normalized spacial score (nSPS) is 12.2. The fraction of sp³-hybridized carbons (Fsp3) is 0.300. The number of aliphatic imine (C=N–C) groups is 1. The van der Waals surface area contributed by atoms with E-state index in [0.717, 1.165) is 11.3 Å². The molecular weight excluding hydrogens is 150 g/mol. The maximum Gasteiger partial charge on any atom is 0.124 e. The van der Waals surface area contributed by atoms with Crippen LogP contribution in [0.3, 0.4) is 0 Å². The van der Waals surface area contributed by atoms with Crippen molar-refractivity contribution in [3.63, 3.8) is 0 Å². The zero-order valence-corrected chi connectivity index (χ0v) is 7.45. The molecule has 1 aromatic carbocycles. The Hall–Kier alpha value is -1.31. The van der Waals surface area contributed by atoms with Crippen LogP contribution in [0.15, 0.2) is 29.3 Å². The molecule has 0 aromatic heterocycles. The van der Waals surface area contributed by atoms with Gasteiger partial charge in [0.2, 0.25) is 0 Å². The predicted molar refractivity (Wildman–Crippen MR) is 51.0 cm³/mol. The van der Waals surface area contributed by atoms with Crippen molar-refractivity contribution < 1.29 is 4.74 Å². The molecule has 0 N–H and O–H groups in total. The molecule has 0 spiro atoms. The molecule has 0 bridgehead atoms. The van der Waals surface area contributed by atoms with E-state index in [9.17, 15) is 0 Å². The molecule has 12 heavy (non-hydrogen) atoms. The van der Waals surface area contributed by atoms with Gasteiger partial charge in [0.05, 0.1) is 13.2 Å². The Balaban J connectivity index is 3.04. The summed E-state index contributed by atoms with van der Waals surface area (Å²) < 4.78 is 5.18. The number of nitrogens with zero attached hydrogens (tertiary/aromatic N) is 1. The van der Waals surface area contributed by atoms with Crippen LogP contribution in [0.5, 0.6) is 5.75 Å². The molecule has 0 saturated heterocycles. The van der Waals surface area contributed by atoms with Gasteiger partial charge in [-0.3, -0.25) is 4.99 Å². The van der Waals surface area contributed by atoms with Crippen molar-refractivity contribution in [2.75, 3.05) is 7.11 Å². The van der Waals surface area contributed by atoms with Crippen LogP contribution in [0.4, 0.5) is 0 Å². The van der Waals surface area contributed by atoms with Gasteiger partial charge in [0.1, 0.15) is 5.75 Å². The topological polar surface area (TPSA) is 21.6 Å². The van der Waals surface area contributed by atoms with Crippen LogP contribution in [-0.4, -0.2) is 13.8 Å². The minimum Gasteiger partial charge on any atom is -0.496 e. The Bertz CT molecular complexity index is 270. The molecular formula is C10H13NO. The van der Waals surface area contributed by atoms with Gasteiger partial charge in [-0.05, 0) is 19.7 Å². The lowest BCUT2D eigenvalue weighted by atomic mass is 10.1. The second-order valence-corrected chi connectivity index (χ2v) is 2.60. The fourth-order valence-corrected chi connectivity index (χ4v) is 1.11. The van der Waals surface area contributed by atoms with Gasteiger partial charge in [0, 0.05) is 5.56 Å². The number of ether oxygens (including phenoxy) is 1. The lowest BCUT2D eigenvalue weighted by Crippen LogP contribution is -1.93. The second kappa shape index (κ2) is 3.90. The summed E-state index contributed by atoms with van der Waals surface area (Å²) in [6.07, 6.45) is 0. The summed E-state index contributed by atoms with van der Waals surface area (Å²) in [7, 11) is 1.66. The first-order valence-electron chi connectivity index (χ1n) is 3.88. The third-order valence-corrected chi connectivity index (χ3v) is 1.86. The molecule has 0 amide bonds. The molecule has 64 valence electrons. The van der Waals surface area contributed by atoms with Crippen molar-refractivity contribution in [3.05, 3.63) is 29.8 Å². The number of rotatable bonds is 3. The van der Waals surface area contributed by atoms with E-state index in [4.69, 9.17) is 4.74 Å². The van der Waals surface area contributed by atoms with Crippen molar-refractivity contribution in [2.24, 2.45) is 4.99 Å². The van der Waals surface area contributed by atoms with Crippen LogP contribution in [-0.2, 0) is 0 Å². The van der Waals surface area contributed by atoms with E-state index < -0.39 is 0 Å². The zero-order chi connectivity index (χ0) is 8.97. The highest BCUT2D eigenvalue weighted by molar-refractivity contribution is 5.37. The molecule has 2 nitrogen and oxygen atoms in total. The second-order valence-electron chi connectivity index (χ2n) is 2.60. The Morgan fingerprint density at radius 1 is 1.42 bits per heavy atom. The van der Waals surface area contributed by atoms with E-state index in [1.54, 1.807) is 7.11 Å². The van der Waals surface area contributed by atoms with Gasteiger partial charge >= 0.3 is 0 Å². The minimum atomic E-state index is 0.0983. The average molecular weight is 163 g/mol. The van der Waals surface area contributed by atoms with Crippen LogP contribution in [0.25, 0.3) is 0 Å². The maximum atomic E-state index is 5.18. The Kier molecular flexibility index (Phi) is 2.86. The first-order valence-corrected chi connectivity index (χ1v) is 3.88. The summed E-state index contributed by atoms with van der Waals surface area (Å²) in [6, 6.07) is 7.94. The lowest BCUT2D eigenvalue weighted by Gasteiger charge is -2.10.